The average Bonchev–Trinajstić information content (AvgIpc) is 2.02. The Morgan fingerprint density at radius 3 is 1.93 bits per heavy atom. The van der Waals surface area contributed by atoms with E-state index in [1.54, 1.807) is 0 Å². The number of nitrogens with zero attached hydrogens (tertiary/aromatic N) is 1. The molecule has 0 unspecified atom stereocenters. The number of nitrogens with two attached hydrogens (primary N) is 3. The summed E-state index contributed by atoms with van der Waals surface area (Å²) in [6, 6.07) is 0. The Kier molecular flexibility index (Phi) is 6.11. The van der Waals surface area contributed by atoms with Crippen LogP contribution < -0.4 is 17.2 Å². The normalized spacial score (nSPS) is 9.29. The summed E-state index contributed by atoms with van der Waals surface area (Å²) in [5.41, 5.74) is 15.1. The van der Waals surface area contributed by atoms with Gasteiger partial charge in [-0.25, -0.2) is 0 Å². The van der Waals surface area contributed by atoms with E-state index in [-0.39, 0.29) is 26.2 Å². The first-order chi connectivity index (χ1) is 6.56. The van der Waals surface area contributed by atoms with Crippen LogP contribution in [0.5, 0.6) is 0 Å². The van der Waals surface area contributed by atoms with Gasteiger partial charge in [0.05, 0.1) is 26.2 Å². The fourth-order valence-corrected chi connectivity index (χ4v) is 0.848. The van der Waals surface area contributed by atoms with Crippen molar-refractivity contribution < 1.29 is 9.59 Å². The fraction of sp³-hybridized carbons (Fsp3) is 0.500. The Balaban J connectivity index is 4.09. The molecule has 78 valence electrons. The van der Waals surface area contributed by atoms with Gasteiger partial charge in [0.1, 0.15) is 0 Å². The average molecular weight is 198 g/mol. The number of amides is 2. The molecule has 0 saturated carbocycles. The molecular weight excluding hydrogens is 184 g/mol. The summed E-state index contributed by atoms with van der Waals surface area (Å²) in [7, 11) is 0. The molecule has 0 aliphatic rings. The van der Waals surface area contributed by atoms with E-state index in [4.69, 9.17) is 17.2 Å². The third-order valence-corrected chi connectivity index (χ3v) is 1.29. The zero-order valence-electron chi connectivity index (χ0n) is 7.82. The second-order valence-electron chi connectivity index (χ2n) is 2.64. The van der Waals surface area contributed by atoms with E-state index >= 15 is 0 Å². The largest absolute Gasteiger partial charge is 0.369 e. The van der Waals surface area contributed by atoms with Gasteiger partial charge in [-0.3, -0.25) is 14.5 Å². The Morgan fingerprint density at radius 1 is 1.07 bits per heavy atom. The van der Waals surface area contributed by atoms with Crippen molar-refractivity contribution >= 4 is 11.8 Å². The van der Waals surface area contributed by atoms with E-state index < -0.39 is 11.8 Å². The van der Waals surface area contributed by atoms with E-state index in [1.165, 1.54) is 4.90 Å². The van der Waals surface area contributed by atoms with Gasteiger partial charge in [0.2, 0.25) is 11.8 Å². The molecule has 2 amide bonds. The van der Waals surface area contributed by atoms with Gasteiger partial charge in [0.25, 0.3) is 0 Å². The van der Waals surface area contributed by atoms with Crippen molar-refractivity contribution in [3.63, 3.8) is 0 Å². The van der Waals surface area contributed by atoms with Gasteiger partial charge in [-0.15, -0.1) is 0 Å². The molecule has 0 aromatic rings. The van der Waals surface area contributed by atoms with Gasteiger partial charge in [0, 0.05) is 0 Å². The van der Waals surface area contributed by atoms with Gasteiger partial charge in [-0.1, -0.05) is 11.8 Å². The van der Waals surface area contributed by atoms with Crippen molar-refractivity contribution in [2.45, 2.75) is 0 Å². The Bertz CT molecular complexity index is 250. The van der Waals surface area contributed by atoms with Crippen molar-refractivity contribution in [2.75, 3.05) is 26.2 Å². The molecule has 14 heavy (non-hydrogen) atoms. The SMILES string of the molecule is NCC#CCN(CC(N)=O)CC(N)=O. The molecule has 0 bridgehead atoms. The molecule has 0 aliphatic heterocycles. The minimum absolute atomic E-state index is 0.0395. The van der Waals surface area contributed by atoms with E-state index in [0.717, 1.165) is 0 Å². The van der Waals surface area contributed by atoms with Gasteiger partial charge in [0.15, 0.2) is 0 Å². The molecule has 6 nitrogen and oxygen atoms in total. The molecule has 0 aromatic carbocycles. The number of carbonyl (C=O) groups is 2. The van der Waals surface area contributed by atoms with Crippen molar-refractivity contribution in [2.24, 2.45) is 17.2 Å². The molecule has 0 atom stereocenters. The topological polar surface area (TPSA) is 115 Å². The van der Waals surface area contributed by atoms with Crippen LogP contribution in [0.15, 0.2) is 0 Å². The van der Waals surface area contributed by atoms with Gasteiger partial charge in [-0.05, 0) is 0 Å². The summed E-state index contributed by atoms with van der Waals surface area (Å²) in [5, 5.41) is 0. The zero-order chi connectivity index (χ0) is 11.0. The standard InChI is InChI=1S/C8H14N4O2/c9-3-1-2-4-12(5-7(10)13)6-8(11)14/h3-6,9H2,(H2,10,13)(H2,11,14). The monoisotopic (exact) mass is 198 g/mol. The minimum atomic E-state index is -0.527. The van der Waals surface area contributed by atoms with Crippen LogP contribution >= 0.6 is 0 Å². The first-order valence-electron chi connectivity index (χ1n) is 4.01. The predicted molar refractivity (Wildman–Crippen MR) is 51.7 cm³/mol. The van der Waals surface area contributed by atoms with E-state index in [2.05, 4.69) is 11.8 Å². The lowest BCUT2D eigenvalue weighted by molar-refractivity contribution is -0.121. The van der Waals surface area contributed by atoms with Gasteiger partial charge < -0.3 is 17.2 Å². The summed E-state index contributed by atoms with van der Waals surface area (Å²) in [5.74, 6) is 4.23. The van der Waals surface area contributed by atoms with E-state index in [1.807, 2.05) is 0 Å². The first kappa shape index (κ1) is 12.4. The van der Waals surface area contributed by atoms with Crippen LogP contribution in [-0.2, 0) is 9.59 Å². The Hall–Kier alpha value is -1.58. The van der Waals surface area contributed by atoms with Crippen molar-refractivity contribution in [1.82, 2.24) is 4.90 Å². The second-order valence-corrected chi connectivity index (χ2v) is 2.64. The van der Waals surface area contributed by atoms with E-state index in [0.29, 0.717) is 0 Å². The van der Waals surface area contributed by atoms with Crippen LogP contribution in [0.4, 0.5) is 0 Å². The van der Waals surface area contributed by atoms with Crippen LogP contribution in [-0.4, -0.2) is 42.9 Å². The summed E-state index contributed by atoms with van der Waals surface area (Å²) in [6.07, 6.45) is 0. The molecule has 0 radical (unpaired) electrons. The minimum Gasteiger partial charge on any atom is -0.369 e. The highest BCUT2D eigenvalue weighted by molar-refractivity contribution is 5.79. The molecule has 6 N–H and O–H groups in total. The summed E-state index contributed by atoms with van der Waals surface area (Å²) < 4.78 is 0. The Morgan fingerprint density at radius 2 is 1.57 bits per heavy atom. The smallest absolute Gasteiger partial charge is 0.231 e. The number of rotatable bonds is 5. The molecule has 0 heterocycles. The van der Waals surface area contributed by atoms with Crippen LogP contribution in [0.1, 0.15) is 0 Å². The predicted octanol–water partition coefficient (Wildman–Crippen LogP) is -2.78. The third kappa shape index (κ3) is 7.09. The highest BCUT2D eigenvalue weighted by Gasteiger charge is 2.09. The summed E-state index contributed by atoms with van der Waals surface area (Å²) in [6.45, 7) is 0.411. The van der Waals surface area contributed by atoms with Crippen molar-refractivity contribution in [3.8, 4) is 11.8 Å². The molecule has 0 aromatic heterocycles. The number of primary amides is 2. The molecule has 0 spiro atoms. The molecular formula is C8H14N4O2. The second kappa shape index (κ2) is 6.88. The lowest BCUT2D eigenvalue weighted by Crippen LogP contribution is -2.39. The zero-order valence-corrected chi connectivity index (χ0v) is 7.82. The van der Waals surface area contributed by atoms with E-state index in [9.17, 15) is 9.59 Å². The molecule has 0 rings (SSSR count). The van der Waals surface area contributed by atoms with Crippen LogP contribution in [0.2, 0.25) is 0 Å². The third-order valence-electron chi connectivity index (χ3n) is 1.29. The van der Waals surface area contributed by atoms with Gasteiger partial charge >= 0.3 is 0 Å². The molecule has 6 heteroatoms. The van der Waals surface area contributed by atoms with Crippen molar-refractivity contribution in [1.29, 1.82) is 0 Å². The number of hydrogen-bond acceptors (Lipinski definition) is 4. The fourth-order valence-electron chi connectivity index (χ4n) is 0.848. The van der Waals surface area contributed by atoms with Crippen LogP contribution in [0.3, 0.4) is 0 Å². The molecule has 0 fully saturated rings. The first-order valence-corrected chi connectivity index (χ1v) is 4.01. The highest BCUT2D eigenvalue weighted by Crippen LogP contribution is 1.85. The number of carbonyl (C=O) groups excluding carboxylic acids is 2. The van der Waals surface area contributed by atoms with Crippen molar-refractivity contribution in [3.05, 3.63) is 0 Å². The Labute approximate surface area is 82.4 Å². The van der Waals surface area contributed by atoms with Gasteiger partial charge in [-0.2, -0.15) is 0 Å². The molecule has 0 aliphatic carbocycles. The summed E-state index contributed by atoms with van der Waals surface area (Å²) >= 11 is 0. The highest BCUT2D eigenvalue weighted by atomic mass is 16.2. The molecule has 0 saturated heterocycles. The number of hydrogen-bond donors (Lipinski definition) is 3. The quantitative estimate of drug-likeness (QED) is 0.414. The lowest BCUT2D eigenvalue weighted by atomic mass is 10.4. The maximum atomic E-state index is 10.6. The summed E-state index contributed by atoms with van der Waals surface area (Å²) in [4.78, 5) is 22.6. The van der Waals surface area contributed by atoms with Crippen LogP contribution in [0.25, 0.3) is 0 Å². The maximum Gasteiger partial charge on any atom is 0.231 e. The van der Waals surface area contributed by atoms with Crippen LogP contribution in [0, 0.1) is 11.8 Å². The maximum absolute atomic E-state index is 10.6. The lowest BCUT2D eigenvalue weighted by Gasteiger charge is -2.14.